The van der Waals surface area contributed by atoms with Gasteiger partial charge in [-0.3, -0.25) is 9.88 Å². The van der Waals surface area contributed by atoms with Gasteiger partial charge in [0, 0.05) is 16.6 Å². The molecule has 3 aromatic rings. The van der Waals surface area contributed by atoms with Gasteiger partial charge in [-0.05, 0) is 25.1 Å². The summed E-state index contributed by atoms with van der Waals surface area (Å²) in [5, 5.41) is 9.40. The quantitative estimate of drug-likeness (QED) is 0.484. The zero-order chi connectivity index (χ0) is 18.9. The van der Waals surface area contributed by atoms with E-state index in [9.17, 15) is 22.8 Å². The van der Waals surface area contributed by atoms with Crippen molar-refractivity contribution in [3.63, 3.8) is 0 Å². The molecule has 132 valence electrons. The molecule has 0 N–H and O–H groups in total. The zero-order valence-electron chi connectivity index (χ0n) is 13.7. The van der Waals surface area contributed by atoms with Crippen LogP contribution in [0.4, 0.5) is 23.2 Å². The topological polar surface area (TPSA) is 39.9 Å². The number of aryl methyl sites for hydroxylation is 1. The fraction of sp³-hybridized carbons (Fsp3) is 0.158. The van der Waals surface area contributed by atoms with Gasteiger partial charge in [0.05, 0.1) is 23.3 Å². The third-order valence-corrected chi connectivity index (χ3v) is 3.95. The van der Waals surface area contributed by atoms with Crippen LogP contribution in [0.5, 0.6) is 0 Å². The van der Waals surface area contributed by atoms with Gasteiger partial charge in [0.25, 0.3) is 0 Å². The van der Waals surface area contributed by atoms with Crippen LogP contribution in [-0.4, -0.2) is 11.3 Å². The van der Waals surface area contributed by atoms with Crippen molar-refractivity contribution in [2.45, 2.75) is 19.8 Å². The van der Waals surface area contributed by atoms with Crippen LogP contribution in [0.15, 0.2) is 48.5 Å². The van der Waals surface area contributed by atoms with Gasteiger partial charge in [-0.15, -0.1) is 0 Å². The number of benzene rings is 2. The Kier molecular flexibility index (Phi) is 4.51. The maximum atomic E-state index is 13.9. The normalized spacial score (nSPS) is 11.4. The van der Waals surface area contributed by atoms with E-state index < -0.39 is 18.7 Å². The van der Waals surface area contributed by atoms with Crippen molar-refractivity contribution < 1.29 is 17.6 Å². The van der Waals surface area contributed by atoms with Crippen molar-refractivity contribution in [1.29, 1.82) is 5.26 Å². The molecule has 0 bridgehead atoms. The van der Waals surface area contributed by atoms with E-state index in [-0.39, 0.29) is 32.6 Å². The molecule has 0 spiro atoms. The number of hydrogen-bond acceptors (Lipinski definition) is 3. The van der Waals surface area contributed by atoms with Crippen LogP contribution in [0.3, 0.4) is 0 Å². The first kappa shape index (κ1) is 17.7. The average molecular weight is 359 g/mol. The van der Waals surface area contributed by atoms with E-state index in [4.69, 9.17) is 0 Å². The van der Waals surface area contributed by atoms with Crippen LogP contribution in [0, 0.1) is 24.1 Å². The standard InChI is InChI=1S/C19H13F4N3/c1-12-9-17(15-7-4-6-13(10-24)18(15)25-12)26(19(21,22)23)11-14-5-2-3-8-16(14)20/h2-9H,11H2,1H3. The maximum absolute atomic E-state index is 13.9. The molecule has 0 saturated carbocycles. The van der Waals surface area contributed by atoms with Crippen LogP contribution >= 0.6 is 0 Å². The Balaban J connectivity index is 2.23. The fourth-order valence-corrected chi connectivity index (χ4v) is 2.78. The summed E-state index contributed by atoms with van der Waals surface area (Å²) in [5.74, 6) is -0.713. The molecule has 0 radical (unpaired) electrons. The van der Waals surface area contributed by atoms with Crippen LogP contribution in [0.1, 0.15) is 16.8 Å². The number of para-hydroxylation sites is 1. The number of nitrogens with zero attached hydrogens (tertiary/aromatic N) is 3. The molecule has 2 aromatic carbocycles. The van der Waals surface area contributed by atoms with Crippen LogP contribution in [-0.2, 0) is 6.54 Å². The smallest absolute Gasteiger partial charge is 0.279 e. The molecular formula is C19H13F4N3. The predicted octanol–water partition coefficient (Wildman–Crippen LogP) is 5.08. The minimum atomic E-state index is -4.74. The summed E-state index contributed by atoms with van der Waals surface area (Å²) in [7, 11) is 0. The molecule has 0 aliphatic rings. The molecule has 0 unspecified atom stereocenters. The largest absolute Gasteiger partial charge is 0.485 e. The molecule has 0 atom stereocenters. The first-order chi connectivity index (χ1) is 12.3. The SMILES string of the molecule is Cc1cc(N(Cc2ccccc2F)C(F)(F)F)c2cccc(C#N)c2n1. The molecule has 0 aliphatic carbocycles. The van der Waals surface area contributed by atoms with E-state index in [1.807, 2.05) is 6.07 Å². The number of hydrogen-bond donors (Lipinski definition) is 0. The lowest BCUT2D eigenvalue weighted by molar-refractivity contribution is -0.130. The van der Waals surface area contributed by atoms with Crippen molar-refractivity contribution in [1.82, 2.24) is 4.98 Å². The minimum Gasteiger partial charge on any atom is -0.279 e. The second-order valence-corrected chi connectivity index (χ2v) is 5.74. The highest BCUT2D eigenvalue weighted by atomic mass is 19.4. The summed E-state index contributed by atoms with van der Waals surface area (Å²) in [6.45, 7) is 0.861. The first-order valence-electron chi connectivity index (χ1n) is 7.69. The number of anilines is 1. The van der Waals surface area contributed by atoms with Gasteiger partial charge < -0.3 is 0 Å². The van der Waals surface area contributed by atoms with Crippen molar-refractivity contribution >= 4 is 16.6 Å². The maximum Gasteiger partial charge on any atom is 0.485 e. The molecule has 0 aliphatic heterocycles. The van der Waals surface area contributed by atoms with E-state index in [2.05, 4.69) is 4.98 Å². The highest BCUT2D eigenvalue weighted by Gasteiger charge is 2.39. The van der Waals surface area contributed by atoms with E-state index in [1.54, 1.807) is 6.92 Å². The van der Waals surface area contributed by atoms with Gasteiger partial charge in [0.2, 0.25) is 0 Å². The van der Waals surface area contributed by atoms with E-state index >= 15 is 0 Å². The number of halogens is 4. The van der Waals surface area contributed by atoms with Gasteiger partial charge in [0.15, 0.2) is 0 Å². The Labute approximate surface area is 147 Å². The highest BCUT2D eigenvalue weighted by molar-refractivity contribution is 5.95. The lowest BCUT2D eigenvalue weighted by atomic mass is 10.1. The van der Waals surface area contributed by atoms with E-state index in [1.165, 1.54) is 42.5 Å². The van der Waals surface area contributed by atoms with Crippen molar-refractivity contribution in [2.24, 2.45) is 0 Å². The number of aromatic nitrogens is 1. The molecule has 1 aromatic heterocycles. The Morgan fingerprint density at radius 3 is 2.50 bits per heavy atom. The fourth-order valence-electron chi connectivity index (χ4n) is 2.78. The Hall–Kier alpha value is -3.14. The first-order valence-corrected chi connectivity index (χ1v) is 7.69. The van der Waals surface area contributed by atoms with E-state index in [0.717, 1.165) is 6.07 Å². The summed E-state index contributed by atoms with van der Waals surface area (Å²) in [4.78, 5) is 4.38. The van der Waals surface area contributed by atoms with Crippen molar-refractivity contribution in [3.05, 3.63) is 71.2 Å². The van der Waals surface area contributed by atoms with Crippen LogP contribution in [0.2, 0.25) is 0 Å². The molecular weight excluding hydrogens is 346 g/mol. The van der Waals surface area contributed by atoms with Crippen LogP contribution in [0.25, 0.3) is 10.9 Å². The van der Waals surface area contributed by atoms with E-state index in [0.29, 0.717) is 5.69 Å². The predicted molar refractivity (Wildman–Crippen MR) is 89.8 cm³/mol. The summed E-state index contributed by atoms with van der Waals surface area (Å²) < 4.78 is 55.3. The lowest BCUT2D eigenvalue weighted by Gasteiger charge is -2.28. The molecule has 3 rings (SSSR count). The monoisotopic (exact) mass is 359 g/mol. The molecule has 0 saturated heterocycles. The molecule has 0 fully saturated rings. The third kappa shape index (κ3) is 3.31. The van der Waals surface area contributed by atoms with Crippen molar-refractivity contribution in [2.75, 3.05) is 4.90 Å². The van der Waals surface area contributed by atoms with Crippen molar-refractivity contribution in [3.8, 4) is 6.07 Å². The summed E-state index contributed by atoms with van der Waals surface area (Å²) in [6.07, 6.45) is -4.74. The lowest BCUT2D eigenvalue weighted by Crippen LogP contribution is -2.38. The molecule has 0 amide bonds. The molecule has 3 nitrogen and oxygen atoms in total. The highest BCUT2D eigenvalue weighted by Crippen LogP contribution is 2.36. The molecule has 7 heteroatoms. The number of nitriles is 1. The van der Waals surface area contributed by atoms with Gasteiger partial charge in [0.1, 0.15) is 11.9 Å². The Bertz CT molecular complexity index is 1010. The summed E-state index contributed by atoms with van der Waals surface area (Å²) in [6, 6.07) is 13.0. The summed E-state index contributed by atoms with van der Waals surface area (Å²) in [5.41, 5.74) is 0.454. The number of pyridine rings is 1. The Morgan fingerprint density at radius 2 is 1.85 bits per heavy atom. The second-order valence-electron chi connectivity index (χ2n) is 5.74. The molecule has 1 heterocycles. The number of alkyl halides is 3. The number of rotatable bonds is 3. The Morgan fingerprint density at radius 1 is 1.12 bits per heavy atom. The minimum absolute atomic E-state index is 0.0797. The van der Waals surface area contributed by atoms with Gasteiger partial charge in [-0.2, -0.15) is 18.4 Å². The second kappa shape index (κ2) is 6.64. The van der Waals surface area contributed by atoms with Gasteiger partial charge in [-0.1, -0.05) is 30.3 Å². The zero-order valence-corrected chi connectivity index (χ0v) is 13.7. The van der Waals surface area contributed by atoms with Gasteiger partial charge in [-0.25, -0.2) is 4.39 Å². The third-order valence-electron chi connectivity index (χ3n) is 3.95. The number of fused-ring (bicyclic) bond motifs is 1. The van der Waals surface area contributed by atoms with Gasteiger partial charge >= 0.3 is 6.30 Å². The average Bonchev–Trinajstić information content (AvgIpc) is 2.59. The molecule has 26 heavy (non-hydrogen) atoms. The summed E-state index contributed by atoms with van der Waals surface area (Å²) >= 11 is 0. The van der Waals surface area contributed by atoms with Crippen LogP contribution < -0.4 is 4.90 Å².